The molecule has 9 heteroatoms. The number of amides is 2. The molecule has 0 saturated heterocycles. The van der Waals surface area contributed by atoms with Gasteiger partial charge >= 0.3 is 0 Å². The number of nitrogens with one attached hydrogen (secondary N) is 1. The third kappa shape index (κ3) is 5.33. The molecule has 0 aliphatic rings. The normalized spacial score (nSPS) is 10.5. The summed E-state index contributed by atoms with van der Waals surface area (Å²) < 4.78 is 11.6. The van der Waals surface area contributed by atoms with Gasteiger partial charge in [-0.05, 0) is 54.4 Å². The van der Waals surface area contributed by atoms with Gasteiger partial charge in [-0.25, -0.2) is 0 Å². The van der Waals surface area contributed by atoms with E-state index in [0.29, 0.717) is 28.3 Å². The van der Waals surface area contributed by atoms with Crippen molar-refractivity contribution in [1.29, 1.82) is 0 Å². The number of anilines is 1. The minimum absolute atomic E-state index is 0.0775. The Bertz CT molecular complexity index is 894. The zero-order valence-electron chi connectivity index (χ0n) is 14.7. The highest BCUT2D eigenvalue weighted by Gasteiger charge is 2.26. The molecule has 0 bridgehead atoms. The van der Waals surface area contributed by atoms with E-state index in [1.807, 2.05) is 0 Å². The molecule has 2 rings (SSSR count). The van der Waals surface area contributed by atoms with Gasteiger partial charge in [-0.1, -0.05) is 11.6 Å². The molecule has 0 fully saturated rings. The zero-order chi connectivity index (χ0) is 20.1. The molecular formula is C18H18BrClN2O5. The largest absolute Gasteiger partial charge is 0.492 e. The summed E-state index contributed by atoms with van der Waals surface area (Å²) in [5.41, 5.74) is 5.28. The van der Waals surface area contributed by atoms with Gasteiger partial charge in [0, 0.05) is 11.4 Å². The number of furan rings is 1. The number of nitrogens with two attached hydrogens (primary N) is 1. The molecule has 1 aromatic heterocycles. The van der Waals surface area contributed by atoms with Crippen LogP contribution in [0.3, 0.4) is 0 Å². The number of benzene rings is 1. The van der Waals surface area contributed by atoms with Crippen molar-refractivity contribution >= 4 is 51.0 Å². The van der Waals surface area contributed by atoms with E-state index < -0.39 is 5.91 Å². The van der Waals surface area contributed by atoms with E-state index in [0.717, 1.165) is 0 Å². The molecule has 1 aromatic carbocycles. The Kier molecular flexibility index (Phi) is 7.04. The number of rotatable bonds is 8. The first-order valence-electron chi connectivity index (χ1n) is 8.02. The van der Waals surface area contributed by atoms with Crippen LogP contribution in [-0.4, -0.2) is 24.2 Å². The first-order chi connectivity index (χ1) is 12.7. The molecule has 27 heavy (non-hydrogen) atoms. The van der Waals surface area contributed by atoms with Crippen LogP contribution in [0.5, 0.6) is 5.75 Å². The first-order valence-corrected chi connectivity index (χ1v) is 9.19. The average molecular weight is 458 g/mol. The maximum atomic E-state index is 12.1. The van der Waals surface area contributed by atoms with Crippen molar-refractivity contribution < 1.29 is 23.5 Å². The number of primary amides is 1. The van der Waals surface area contributed by atoms with Crippen molar-refractivity contribution in [2.45, 2.75) is 26.7 Å². The van der Waals surface area contributed by atoms with E-state index >= 15 is 0 Å². The van der Waals surface area contributed by atoms with Gasteiger partial charge in [0.05, 0.1) is 16.6 Å². The van der Waals surface area contributed by atoms with Gasteiger partial charge in [-0.15, -0.1) is 0 Å². The molecule has 3 N–H and O–H groups in total. The summed E-state index contributed by atoms with van der Waals surface area (Å²) in [4.78, 5) is 35.4. The molecule has 0 radical (unpaired) electrons. The Morgan fingerprint density at radius 3 is 2.59 bits per heavy atom. The van der Waals surface area contributed by atoms with Crippen LogP contribution < -0.4 is 15.8 Å². The van der Waals surface area contributed by atoms with Crippen LogP contribution in [0, 0.1) is 6.92 Å². The fourth-order valence-corrected chi connectivity index (χ4v) is 3.29. The number of carbonyl (C=O) groups is 3. The van der Waals surface area contributed by atoms with Gasteiger partial charge in [0.25, 0.3) is 5.91 Å². The molecule has 7 nitrogen and oxygen atoms in total. The summed E-state index contributed by atoms with van der Waals surface area (Å²) in [5, 5.41) is 3.07. The predicted octanol–water partition coefficient (Wildman–Crippen LogP) is 4.10. The Morgan fingerprint density at radius 1 is 1.30 bits per heavy atom. The number of hydrogen-bond acceptors (Lipinski definition) is 5. The zero-order valence-corrected chi connectivity index (χ0v) is 17.1. The summed E-state index contributed by atoms with van der Waals surface area (Å²) in [6, 6.07) is 5.13. The summed E-state index contributed by atoms with van der Waals surface area (Å²) in [6.07, 6.45) is 0.546. The lowest BCUT2D eigenvalue weighted by atomic mass is 10.1. The van der Waals surface area contributed by atoms with Crippen LogP contribution in [0.25, 0.3) is 0 Å². The van der Waals surface area contributed by atoms with Gasteiger partial charge in [-0.2, -0.15) is 0 Å². The maximum absolute atomic E-state index is 12.1. The standard InChI is InChI=1S/C18H18BrClN2O5/c1-9(23)15-10(2)27-18(16(15)17(21)25)22-14(24)4-3-7-26-13-6-5-11(20)8-12(13)19/h5-6,8H,3-4,7H2,1-2H3,(H2,21,25)(H,22,24). The summed E-state index contributed by atoms with van der Waals surface area (Å²) >= 11 is 9.21. The first kappa shape index (κ1) is 21.0. The second kappa shape index (κ2) is 9.05. The number of ether oxygens (including phenoxy) is 1. The molecule has 0 spiro atoms. The minimum Gasteiger partial charge on any atom is -0.492 e. The molecule has 2 amide bonds. The molecular weight excluding hydrogens is 440 g/mol. The van der Waals surface area contributed by atoms with E-state index in [-0.39, 0.29) is 40.9 Å². The lowest BCUT2D eigenvalue weighted by molar-refractivity contribution is -0.116. The quantitative estimate of drug-likeness (QED) is 0.458. The molecule has 144 valence electrons. The highest BCUT2D eigenvalue weighted by molar-refractivity contribution is 9.10. The molecule has 0 aliphatic heterocycles. The van der Waals surface area contributed by atoms with E-state index in [9.17, 15) is 14.4 Å². The Labute approximate surface area is 169 Å². The minimum atomic E-state index is -0.844. The third-order valence-corrected chi connectivity index (χ3v) is 4.49. The van der Waals surface area contributed by atoms with Crippen molar-refractivity contribution in [3.05, 3.63) is 44.6 Å². The van der Waals surface area contributed by atoms with Crippen LogP contribution >= 0.6 is 27.5 Å². The van der Waals surface area contributed by atoms with E-state index in [2.05, 4.69) is 21.2 Å². The number of carbonyl (C=O) groups excluding carboxylic acids is 3. The summed E-state index contributed by atoms with van der Waals surface area (Å²) in [7, 11) is 0. The predicted molar refractivity (Wildman–Crippen MR) is 104 cm³/mol. The summed E-state index contributed by atoms with van der Waals surface area (Å²) in [5.74, 6) is -0.876. The Morgan fingerprint density at radius 2 is 2.00 bits per heavy atom. The van der Waals surface area contributed by atoms with Crippen LogP contribution in [0.1, 0.15) is 46.2 Å². The highest BCUT2D eigenvalue weighted by atomic mass is 79.9. The second-order valence-corrected chi connectivity index (χ2v) is 7.02. The number of Topliss-reactive ketones (excluding diaryl/α,β-unsaturated/α-hetero) is 1. The lowest BCUT2D eigenvalue weighted by Crippen LogP contribution is -2.19. The van der Waals surface area contributed by atoms with Crippen LogP contribution in [0.15, 0.2) is 27.1 Å². The van der Waals surface area contributed by atoms with Gasteiger partial charge < -0.3 is 14.9 Å². The molecule has 0 aliphatic carbocycles. The third-order valence-electron chi connectivity index (χ3n) is 3.64. The van der Waals surface area contributed by atoms with Crippen molar-refractivity contribution in [1.82, 2.24) is 0 Å². The van der Waals surface area contributed by atoms with Crippen LogP contribution in [0.2, 0.25) is 5.02 Å². The van der Waals surface area contributed by atoms with Crippen molar-refractivity contribution in [3.63, 3.8) is 0 Å². The topological polar surface area (TPSA) is 112 Å². The molecule has 0 atom stereocenters. The van der Waals surface area contributed by atoms with E-state index in [1.54, 1.807) is 18.2 Å². The monoisotopic (exact) mass is 456 g/mol. The van der Waals surface area contributed by atoms with Crippen molar-refractivity contribution in [2.24, 2.45) is 5.73 Å². The van der Waals surface area contributed by atoms with E-state index in [4.69, 9.17) is 26.5 Å². The highest BCUT2D eigenvalue weighted by Crippen LogP contribution is 2.29. The van der Waals surface area contributed by atoms with Crippen LogP contribution in [0.4, 0.5) is 5.88 Å². The van der Waals surface area contributed by atoms with E-state index in [1.165, 1.54) is 13.8 Å². The van der Waals surface area contributed by atoms with Crippen molar-refractivity contribution in [2.75, 3.05) is 11.9 Å². The molecule has 0 unspecified atom stereocenters. The van der Waals surface area contributed by atoms with Crippen molar-refractivity contribution in [3.8, 4) is 5.75 Å². The van der Waals surface area contributed by atoms with Gasteiger partial charge in [0.1, 0.15) is 17.1 Å². The fourth-order valence-electron chi connectivity index (χ4n) is 2.49. The second-order valence-electron chi connectivity index (χ2n) is 5.73. The SMILES string of the molecule is CC(=O)c1c(C)oc(NC(=O)CCCOc2ccc(Cl)cc2Br)c1C(N)=O. The fraction of sp³-hybridized carbons (Fsp3) is 0.278. The smallest absolute Gasteiger partial charge is 0.255 e. The van der Waals surface area contributed by atoms with Gasteiger partial charge in [0.2, 0.25) is 11.8 Å². The molecule has 0 saturated carbocycles. The number of hydrogen-bond donors (Lipinski definition) is 2. The van der Waals surface area contributed by atoms with Gasteiger partial charge in [-0.3, -0.25) is 19.7 Å². The lowest BCUT2D eigenvalue weighted by Gasteiger charge is -2.08. The number of halogens is 2. The Balaban J connectivity index is 1.93. The molecule has 2 aromatic rings. The number of aryl methyl sites for hydroxylation is 1. The average Bonchev–Trinajstić information content (AvgIpc) is 2.89. The van der Waals surface area contributed by atoms with Gasteiger partial charge in [0.15, 0.2) is 5.78 Å². The Hall–Kier alpha value is -2.32. The van der Waals surface area contributed by atoms with Crippen LogP contribution in [-0.2, 0) is 4.79 Å². The maximum Gasteiger partial charge on any atom is 0.255 e. The summed E-state index contributed by atoms with van der Waals surface area (Å²) in [6.45, 7) is 3.12. The number of ketones is 1. The molecule has 1 heterocycles.